The van der Waals surface area contributed by atoms with E-state index in [2.05, 4.69) is 13.2 Å². The number of aryl methyl sites for hydroxylation is 1. The first-order chi connectivity index (χ1) is 9.93. The molecular weight excluding hydrogens is 282 g/mol. The van der Waals surface area contributed by atoms with E-state index in [-0.39, 0.29) is 4.90 Å². The molecule has 0 saturated heterocycles. The average Bonchev–Trinajstić information content (AvgIpc) is 2.72. The molecule has 106 valence electrons. The van der Waals surface area contributed by atoms with Gasteiger partial charge >= 0.3 is 0 Å². The molecule has 2 aromatic carbocycles. The Balaban J connectivity index is 2.40. The first-order valence-corrected chi connectivity index (χ1v) is 7.96. The molecule has 4 heteroatoms. The van der Waals surface area contributed by atoms with Crippen molar-refractivity contribution in [1.29, 1.82) is 0 Å². The van der Waals surface area contributed by atoms with Gasteiger partial charge in [-0.05, 0) is 25.1 Å². The van der Waals surface area contributed by atoms with E-state index in [9.17, 15) is 8.42 Å². The third-order valence-electron chi connectivity index (χ3n) is 3.60. The number of hydrogen-bond acceptors (Lipinski definition) is 2. The van der Waals surface area contributed by atoms with Gasteiger partial charge in [-0.3, -0.25) is 0 Å². The second kappa shape index (κ2) is 4.60. The van der Waals surface area contributed by atoms with Crippen LogP contribution in [-0.2, 0) is 10.0 Å². The summed E-state index contributed by atoms with van der Waals surface area (Å²) in [7, 11) is -3.68. The predicted molar refractivity (Wildman–Crippen MR) is 86.0 cm³/mol. The fourth-order valence-corrected chi connectivity index (χ4v) is 3.93. The Labute approximate surface area is 123 Å². The van der Waals surface area contributed by atoms with E-state index >= 15 is 0 Å². The topological polar surface area (TPSA) is 39.1 Å². The standard InChI is InChI=1S/C17H15NO2S/c1-12-8-10-15(11-9-12)21(19,20)18-14(3)13(2)16-6-4-5-7-17(16)18/h4-11H,2-3H2,1H3. The SMILES string of the molecule is C=c1c(=C)n(S(=O)(=O)c2ccc(C)cc2)c2ccccc12. The molecule has 0 bridgehead atoms. The molecule has 3 aromatic rings. The molecule has 0 radical (unpaired) electrons. The van der Waals surface area contributed by atoms with Gasteiger partial charge in [-0.15, -0.1) is 0 Å². The van der Waals surface area contributed by atoms with Crippen LogP contribution < -0.4 is 10.6 Å². The first-order valence-electron chi connectivity index (χ1n) is 6.52. The molecule has 3 nitrogen and oxygen atoms in total. The zero-order valence-corrected chi connectivity index (χ0v) is 12.5. The molecule has 21 heavy (non-hydrogen) atoms. The minimum atomic E-state index is -3.68. The lowest BCUT2D eigenvalue weighted by Gasteiger charge is -2.08. The quantitative estimate of drug-likeness (QED) is 0.726. The van der Waals surface area contributed by atoms with Gasteiger partial charge in [0.25, 0.3) is 10.0 Å². The molecule has 0 aliphatic rings. The highest BCUT2D eigenvalue weighted by atomic mass is 32.2. The van der Waals surface area contributed by atoms with Gasteiger partial charge in [-0.25, -0.2) is 12.4 Å². The molecule has 1 heterocycles. The van der Waals surface area contributed by atoms with Crippen LogP contribution in [0, 0.1) is 6.92 Å². The second-order valence-corrected chi connectivity index (χ2v) is 6.81. The maximum atomic E-state index is 12.9. The van der Waals surface area contributed by atoms with E-state index in [1.165, 1.54) is 3.97 Å². The van der Waals surface area contributed by atoms with Crippen molar-refractivity contribution in [3.63, 3.8) is 0 Å². The van der Waals surface area contributed by atoms with Crippen molar-refractivity contribution in [1.82, 2.24) is 3.97 Å². The van der Waals surface area contributed by atoms with E-state index in [4.69, 9.17) is 0 Å². The first kappa shape index (κ1) is 13.6. The second-order valence-electron chi connectivity index (χ2n) is 5.02. The summed E-state index contributed by atoms with van der Waals surface area (Å²) in [6.45, 7) is 9.75. The van der Waals surface area contributed by atoms with Gasteiger partial charge < -0.3 is 0 Å². The fraction of sp³-hybridized carbons (Fsp3) is 0.0588. The Morgan fingerprint density at radius 3 is 2.24 bits per heavy atom. The molecule has 0 fully saturated rings. The summed E-state index contributed by atoms with van der Waals surface area (Å²) >= 11 is 0. The number of benzene rings is 2. The highest BCUT2D eigenvalue weighted by Gasteiger charge is 2.20. The molecule has 0 spiro atoms. The van der Waals surface area contributed by atoms with Crippen LogP contribution in [0.25, 0.3) is 24.1 Å². The molecule has 3 rings (SSSR count). The van der Waals surface area contributed by atoms with Gasteiger partial charge in [0.15, 0.2) is 0 Å². The highest BCUT2D eigenvalue weighted by Crippen LogP contribution is 2.17. The summed E-state index contributed by atoms with van der Waals surface area (Å²) in [6, 6.07) is 14.1. The van der Waals surface area contributed by atoms with Gasteiger partial charge in [-0.2, -0.15) is 0 Å². The molecule has 0 aliphatic carbocycles. The van der Waals surface area contributed by atoms with E-state index in [0.29, 0.717) is 16.1 Å². The van der Waals surface area contributed by atoms with Gasteiger partial charge in [0.2, 0.25) is 0 Å². The van der Waals surface area contributed by atoms with Gasteiger partial charge in [-0.1, -0.05) is 49.1 Å². The van der Waals surface area contributed by atoms with Gasteiger partial charge in [0.1, 0.15) is 0 Å². The van der Waals surface area contributed by atoms with Crippen molar-refractivity contribution in [3.8, 4) is 0 Å². The third-order valence-corrected chi connectivity index (χ3v) is 5.37. The number of fused-ring (bicyclic) bond motifs is 1. The largest absolute Gasteiger partial charge is 0.268 e. The van der Waals surface area contributed by atoms with Crippen LogP contribution in [0.4, 0.5) is 0 Å². The van der Waals surface area contributed by atoms with E-state index in [0.717, 1.165) is 10.9 Å². The summed E-state index contributed by atoms with van der Waals surface area (Å²) in [5, 5.41) is 1.84. The Kier molecular flexibility index (Phi) is 2.99. The molecule has 0 atom stereocenters. The normalized spacial score (nSPS) is 11.9. The van der Waals surface area contributed by atoms with Crippen LogP contribution in [-0.4, -0.2) is 12.4 Å². The zero-order valence-electron chi connectivity index (χ0n) is 11.7. The number of rotatable bonds is 2. The van der Waals surface area contributed by atoms with Crippen LogP contribution in [0.5, 0.6) is 0 Å². The highest BCUT2D eigenvalue weighted by molar-refractivity contribution is 7.90. The summed E-state index contributed by atoms with van der Waals surface area (Å²) in [5.41, 5.74) is 1.62. The third kappa shape index (κ3) is 1.99. The van der Waals surface area contributed by atoms with Crippen molar-refractivity contribution < 1.29 is 8.42 Å². The summed E-state index contributed by atoms with van der Waals surface area (Å²) in [6.07, 6.45) is 0. The Hall–Kier alpha value is -2.33. The van der Waals surface area contributed by atoms with Crippen LogP contribution in [0.1, 0.15) is 5.56 Å². The maximum Gasteiger partial charge on any atom is 0.268 e. The lowest BCUT2D eigenvalue weighted by Crippen LogP contribution is -2.31. The minimum Gasteiger partial charge on any atom is -0.234 e. The number of nitrogens with zero attached hydrogens (tertiary/aromatic N) is 1. The van der Waals surface area contributed by atoms with Crippen molar-refractivity contribution >= 4 is 34.1 Å². The van der Waals surface area contributed by atoms with Crippen molar-refractivity contribution in [2.24, 2.45) is 0 Å². The molecular formula is C17H15NO2S. The molecule has 0 unspecified atom stereocenters. The Morgan fingerprint density at radius 1 is 0.952 bits per heavy atom. The summed E-state index contributed by atoms with van der Waals surface area (Å²) < 4.78 is 27.1. The Bertz CT molecular complexity index is 1030. The predicted octanol–water partition coefficient (Wildman–Crippen LogP) is 2.01. The lowest BCUT2D eigenvalue weighted by molar-refractivity contribution is 0.588. The molecule has 1 aromatic heterocycles. The van der Waals surface area contributed by atoms with Gasteiger partial charge in [0.05, 0.1) is 15.8 Å². The molecule has 0 amide bonds. The van der Waals surface area contributed by atoms with E-state index < -0.39 is 10.0 Å². The van der Waals surface area contributed by atoms with Crippen LogP contribution in [0.15, 0.2) is 53.4 Å². The fourth-order valence-electron chi connectivity index (χ4n) is 2.42. The number of hydrogen-bond donors (Lipinski definition) is 0. The zero-order chi connectivity index (χ0) is 15.2. The van der Waals surface area contributed by atoms with Gasteiger partial charge in [0, 0.05) is 10.6 Å². The summed E-state index contributed by atoms with van der Waals surface area (Å²) in [4.78, 5) is 0.249. The van der Waals surface area contributed by atoms with E-state index in [1.54, 1.807) is 30.3 Å². The van der Waals surface area contributed by atoms with Crippen LogP contribution in [0.3, 0.4) is 0 Å². The van der Waals surface area contributed by atoms with Crippen LogP contribution >= 0.6 is 0 Å². The van der Waals surface area contributed by atoms with Crippen molar-refractivity contribution in [2.75, 3.05) is 0 Å². The van der Waals surface area contributed by atoms with Crippen molar-refractivity contribution in [2.45, 2.75) is 11.8 Å². The Morgan fingerprint density at radius 2 is 1.57 bits per heavy atom. The smallest absolute Gasteiger partial charge is 0.234 e. The number of aromatic nitrogens is 1. The van der Waals surface area contributed by atoms with Crippen LogP contribution in [0.2, 0.25) is 0 Å². The summed E-state index contributed by atoms with van der Waals surface area (Å²) in [5.74, 6) is 0. The monoisotopic (exact) mass is 297 g/mol. The average molecular weight is 297 g/mol. The molecule has 0 saturated carbocycles. The van der Waals surface area contributed by atoms with E-state index in [1.807, 2.05) is 25.1 Å². The maximum absolute atomic E-state index is 12.9. The molecule has 0 aliphatic heterocycles. The lowest BCUT2D eigenvalue weighted by atomic mass is 10.2. The minimum absolute atomic E-state index is 0.249. The van der Waals surface area contributed by atoms with Crippen molar-refractivity contribution in [3.05, 3.63) is 64.7 Å². The molecule has 0 N–H and O–H groups in total. The number of para-hydroxylation sites is 1.